The molecule has 0 aliphatic heterocycles. The fourth-order valence-corrected chi connectivity index (χ4v) is 2.14. The molecule has 20 heavy (non-hydrogen) atoms. The number of aromatic nitrogens is 1. The highest BCUT2D eigenvalue weighted by Gasteiger charge is 2.13. The van der Waals surface area contributed by atoms with E-state index in [9.17, 15) is 5.26 Å². The van der Waals surface area contributed by atoms with Crippen molar-refractivity contribution < 1.29 is 0 Å². The zero-order valence-electron chi connectivity index (χ0n) is 11.8. The summed E-state index contributed by atoms with van der Waals surface area (Å²) in [6.45, 7) is 5.65. The van der Waals surface area contributed by atoms with Crippen molar-refractivity contribution >= 4 is 11.5 Å². The number of nitrogen functional groups attached to an aromatic ring is 1. The first-order valence-corrected chi connectivity index (χ1v) is 6.60. The van der Waals surface area contributed by atoms with Gasteiger partial charge in [0.15, 0.2) is 0 Å². The van der Waals surface area contributed by atoms with Gasteiger partial charge in [-0.05, 0) is 31.0 Å². The minimum absolute atomic E-state index is 0.511. The van der Waals surface area contributed by atoms with Crippen LogP contribution in [0, 0.1) is 18.3 Å². The molecule has 2 rings (SSSR count). The van der Waals surface area contributed by atoms with Crippen LogP contribution in [0.4, 0.5) is 11.5 Å². The number of pyridine rings is 1. The Balaban J connectivity index is 2.34. The van der Waals surface area contributed by atoms with Crippen LogP contribution in [0.3, 0.4) is 0 Å². The molecule has 0 atom stereocenters. The largest absolute Gasteiger partial charge is 0.397 e. The van der Waals surface area contributed by atoms with Crippen molar-refractivity contribution in [1.82, 2.24) is 4.98 Å². The number of anilines is 2. The third-order valence-electron chi connectivity index (χ3n) is 3.31. The van der Waals surface area contributed by atoms with E-state index in [1.165, 1.54) is 11.1 Å². The Bertz CT molecular complexity index is 643. The van der Waals surface area contributed by atoms with E-state index in [1.54, 1.807) is 12.3 Å². The maximum Gasteiger partial charge on any atom is 0.146 e. The highest BCUT2D eigenvalue weighted by molar-refractivity contribution is 5.59. The summed E-state index contributed by atoms with van der Waals surface area (Å²) in [5.74, 6) is 0.687. The van der Waals surface area contributed by atoms with Crippen molar-refractivity contribution in [1.29, 1.82) is 5.26 Å². The van der Waals surface area contributed by atoms with E-state index in [-0.39, 0.29) is 0 Å². The highest BCUT2D eigenvalue weighted by atomic mass is 15.2. The summed E-state index contributed by atoms with van der Waals surface area (Å²) in [5.41, 5.74) is 9.18. The van der Waals surface area contributed by atoms with Crippen molar-refractivity contribution in [3.8, 4) is 6.07 Å². The van der Waals surface area contributed by atoms with Gasteiger partial charge in [-0.15, -0.1) is 0 Å². The van der Waals surface area contributed by atoms with Crippen LogP contribution in [0.25, 0.3) is 0 Å². The summed E-state index contributed by atoms with van der Waals surface area (Å²) in [6.07, 6.45) is 1.59. The zero-order valence-corrected chi connectivity index (χ0v) is 11.8. The zero-order chi connectivity index (χ0) is 14.5. The molecule has 0 amide bonds. The quantitative estimate of drug-likeness (QED) is 0.924. The van der Waals surface area contributed by atoms with E-state index >= 15 is 0 Å². The first-order valence-electron chi connectivity index (χ1n) is 6.60. The minimum Gasteiger partial charge on any atom is -0.397 e. The van der Waals surface area contributed by atoms with Gasteiger partial charge >= 0.3 is 0 Å². The molecule has 0 bridgehead atoms. The van der Waals surface area contributed by atoms with Gasteiger partial charge in [-0.25, -0.2) is 4.98 Å². The number of nitriles is 1. The predicted molar refractivity (Wildman–Crippen MR) is 81.3 cm³/mol. The molecule has 2 aromatic rings. The van der Waals surface area contributed by atoms with Crippen molar-refractivity contribution in [2.45, 2.75) is 20.4 Å². The Morgan fingerprint density at radius 1 is 1.35 bits per heavy atom. The van der Waals surface area contributed by atoms with E-state index in [0.29, 0.717) is 17.1 Å². The third kappa shape index (κ3) is 2.89. The fraction of sp³-hybridized carbons (Fsp3) is 0.250. The maximum atomic E-state index is 9.24. The van der Waals surface area contributed by atoms with Crippen molar-refractivity contribution in [3.05, 3.63) is 53.2 Å². The molecule has 1 aromatic carbocycles. The van der Waals surface area contributed by atoms with E-state index < -0.39 is 0 Å². The monoisotopic (exact) mass is 266 g/mol. The topological polar surface area (TPSA) is 65.9 Å². The summed E-state index contributed by atoms with van der Waals surface area (Å²) >= 11 is 0. The summed E-state index contributed by atoms with van der Waals surface area (Å²) in [7, 11) is 0. The lowest BCUT2D eigenvalue weighted by molar-refractivity contribution is 0.808. The number of hydrogen-bond acceptors (Lipinski definition) is 4. The van der Waals surface area contributed by atoms with Crippen LogP contribution in [-0.4, -0.2) is 11.5 Å². The Kier molecular flexibility index (Phi) is 4.21. The molecular formula is C16H18N4. The summed E-state index contributed by atoms with van der Waals surface area (Å²) in [4.78, 5) is 6.41. The van der Waals surface area contributed by atoms with Crippen LogP contribution in [0.1, 0.15) is 23.6 Å². The van der Waals surface area contributed by atoms with Crippen molar-refractivity contribution in [3.63, 3.8) is 0 Å². The molecule has 1 aromatic heterocycles. The first-order chi connectivity index (χ1) is 9.65. The molecule has 2 N–H and O–H groups in total. The van der Waals surface area contributed by atoms with Gasteiger partial charge in [0, 0.05) is 13.1 Å². The lowest BCUT2D eigenvalue weighted by Gasteiger charge is -2.24. The number of nitrogens with zero attached hydrogens (tertiary/aromatic N) is 3. The van der Waals surface area contributed by atoms with Gasteiger partial charge in [0.1, 0.15) is 11.9 Å². The predicted octanol–water partition coefficient (Wildman–Crippen LogP) is 2.87. The summed E-state index contributed by atoms with van der Waals surface area (Å²) in [5, 5.41) is 9.24. The molecule has 0 aliphatic carbocycles. The van der Waals surface area contributed by atoms with E-state index in [4.69, 9.17) is 5.73 Å². The van der Waals surface area contributed by atoms with Crippen LogP contribution in [0.15, 0.2) is 36.5 Å². The Morgan fingerprint density at radius 3 is 2.75 bits per heavy atom. The molecule has 4 nitrogen and oxygen atoms in total. The van der Waals surface area contributed by atoms with Gasteiger partial charge in [-0.2, -0.15) is 5.26 Å². The molecule has 1 heterocycles. The molecule has 0 unspecified atom stereocenters. The lowest BCUT2D eigenvalue weighted by Crippen LogP contribution is -2.24. The normalized spacial score (nSPS) is 10.1. The van der Waals surface area contributed by atoms with Gasteiger partial charge in [-0.3, -0.25) is 0 Å². The van der Waals surface area contributed by atoms with Crippen molar-refractivity contribution in [2.75, 3.05) is 17.2 Å². The minimum atomic E-state index is 0.511. The van der Waals surface area contributed by atoms with Gasteiger partial charge in [-0.1, -0.05) is 24.3 Å². The highest BCUT2D eigenvalue weighted by Crippen LogP contribution is 2.22. The molecule has 4 heteroatoms. The average Bonchev–Trinajstić information content (AvgIpc) is 2.46. The molecule has 102 valence electrons. The van der Waals surface area contributed by atoms with E-state index in [2.05, 4.69) is 41.9 Å². The smallest absolute Gasteiger partial charge is 0.146 e. The summed E-state index contributed by atoms with van der Waals surface area (Å²) < 4.78 is 0. The standard InChI is InChI=1S/C16H18N4/c1-3-20(11-13-7-5-4-6-12(13)2)16-14(9-17)8-15(18)10-19-16/h4-8,10H,3,11,18H2,1-2H3. The van der Waals surface area contributed by atoms with Gasteiger partial charge in [0.05, 0.1) is 17.4 Å². The number of rotatable bonds is 4. The SMILES string of the molecule is CCN(Cc1ccccc1C)c1ncc(N)cc1C#N. The fourth-order valence-electron chi connectivity index (χ4n) is 2.14. The molecule has 0 saturated heterocycles. The first kappa shape index (κ1) is 13.9. The molecular weight excluding hydrogens is 248 g/mol. The van der Waals surface area contributed by atoms with Crippen LogP contribution in [0.5, 0.6) is 0 Å². The van der Waals surface area contributed by atoms with Crippen molar-refractivity contribution in [2.24, 2.45) is 0 Å². The van der Waals surface area contributed by atoms with Crippen LogP contribution in [0.2, 0.25) is 0 Å². The van der Waals surface area contributed by atoms with Gasteiger partial charge in [0.25, 0.3) is 0 Å². The Labute approximate surface area is 119 Å². The molecule has 0 aliphatic rings. The van der Waals surface area contributed by atoms with E-state index in [1.807, 2.05) is 12.1 Å². The molecule has 0 radical (unpaired) electrons. The maximum absolute atomic E-state index is 9.24. The Hall–Kier alpha value is -2.54. The Morgan fingerprint density at radius 2 is 2.10 bits per heavy atom. The van der Waals surface area contributed by atoms with Gasteiger partial charge < -0.3 is 10.6 Å². The molecule has 0 fully saturated rings. The second-order valence-electron chi connectivity index (χ2n) is 4.69. The second-order valence-corrected chi connectivity index (χ2v) is 4.69. The number of nitrogens with two attached hydrogens (primary N) is 1. The molecule has 0 saturated carbocycles. The summed E-state index contributed by atoms with van der Waals surface area (Å²) in [6, 6.07) is 12.1. The van der Waals surface area contributed by atoms with Crippen LogP contribution >= 0.6 is 0 Å². The average molecular weight is 266 g/mol. The number of benzene rings is 1. The van der Waals surface area contributed by atoms with E-state index in [0.717, 1.165) is 13.1 Å². The lowest BCUT2D eigenvalue weighted by atomic mass is 10.1. The van der Waals surface area contributed by atoms with Crippen LogP contribution in [-0.2, 0) is 6.54 Å². The number of hydrogen-bond donors (Lipinski definition) is 1. The molecule has 0 spiro atoms. The van der Waals surface area contributed by atoms with Crippen LogP contribution < -0.4 is 10.6 Å². The number of aryl methyl sites for hydroxylation is 1. The van der Waals surface area contributed by atoms with Gasteiger partial charge in [0.2, 0.25) is 0 Å². The second kappa shape index (κ2) is 6.07. The third-order valence-corrected chi connectivity index (χ3v) is 3.31.